The minimum Gasteiger partial charge on any atom is -0.494 e. The number of nitrogens with two attached hydrogens (primary N) is 1. The van der Waals surface area contributed by atoms with E-state index in [2.05, 4.69) is 4.98 Å². The second-order valence-corrected chi connectivity index (χ2v) is 8.32. The number of carbonyl (C=O) groups excluding carboxylic acids is 3. The quantitative estimate of drug-likeness (QED) is 0.409. The van der Waals surface area contributed by atoms with Gasteiger partial charge in [0.1, 0.15) is 11.2 Å². The van der Waals surface area contributed by atoms with E-state index in [0.717, 1.165) is 6.07 Å². The first kappa shape index (κ1) is 23.3. The number of aromatic nitrogens is 1. The fourth-order valence-electron chi connectivity index (χ4n) is 1.99. The van der Waals surface area contributed by atoms with Crippen molar-refractivity contribution < 1.29 is 38.8 Å². The number of rotatable bonds is 6. The Morgan fingerprint density at radius 1 is 1.00 bits per heavy atom. The third-order valence-corrected chi connectivity index (χ3v) is 3.22. The molecule has 10 nitrogen and oxygen atoms in total. The number of aromatic hydroxyl groups is 2. The molecule has 0 fully saturated rings. The van der Waals surface area contributed by atoms with E-state index in [1.54, 1.807) is 41.5 Å². The molecule has 158 valence electrons. The van der Waals surface area contributed by atoms with E-state index in [4.69, 9.17) is 19.9 Å². The SMILES string of the molecule is CC(C)(C)OC(=O)C(N)(CCC(=O)Oc1cc(O)[nH]c1O)C(=O)OC(C)(C)C. The van der Waals surface area contributed by atoms with Crippen LogP contribution in [0.25, 0.3) is 0 Å². The molecule has 28 heavy (non-hydrogen) atoms. The summed E-state index contributed by atoms with van der Waals surface area (Å²) in [4.78, 5) is 39.3. The predicted octanol–water partition coefficient (Wildman–Crippen LogP) is 1.49. The molecule has 0 bridgehead atoms. The third kappa shape index (κ3) is 6.76. The number of hydrogen-bond donors (Lipinski definition) is 4. The monoisotopic (exact) mass is 400 g/mol. The van der Waals surface area contributed by atoms with Crippen molar-refractivity contribution in [1.82, 2.24) is 4.98 Å². The smallest absolute Gasteiger partial charge is 0.338 e. The Bertz CT molecular complexity index is 712. The molecule has 0 aliphatic carbocycles. The van der Waals surface area contributed by atoms with Crippen molar-refractivity contribution in [3.8, 4) is 17.5 Å². The lowest BCUT2D eigenvalue weighted by Crippen LogP contribution is -2.59. The molecule has 1 aromatic rings. The Balaban J connectivity index is 2.95. The lowest BCUT2D eigenvalue weighted by molar-refractivity contribution is -0.177. The lowest BCUT2D eigenvalue weighted by atomic mass is 9.93. The average Bonchev–Trinajstić information content (AvgIpc) is 2.78. The van der Waals surface area contributed by atoms with Gasteiger partial charge in [0.25, 0.3) is 0 Å². The van der Waals surface area contributed by atoms with Gasteiger partial charge in [-0.2, -0.15) is 0 Å². The van der Waals surface area contributed by atoms with Crippen molar-refractivity contribution in [2.24, 2.45) is 5.73 Å². The van der Waals surface area contributed by atoms with E-state index in [0.29, 0.717) is 0 Å². The maximum atomic E-state index is 12.6. The maximum Gasteiger partial charge on any atom is 0.338 e. The summed E-state index contributed by atoms with van der Waals surface area (Å²) in [6.07, 6.45) is -0.910. The van der Waals surface area contributed by atoms with E-state index < -0.39 is 59.3 Å². The number of aromatic amines is 1. The second kappa shape index (κ2) is 8.09. The molecule has 0 aliphatic heterocycles. The summed E-state index contributed by atoms with van der Waals surface area (Å²) in [5, 5.41) is 18.7. The van der Waals surface area contributed by atoms with Gasteiger partial charge in [-0.3, -0.25) is 9.78 Å². The topological polar surface area (TPSA) is 161 Å². The number of carbonyl (C=O) groups is 3. The van der Waals surface area contributed by atoms with Crippen LogP contribution in [0.2, 0.25) is 0 Å². The fourth-order valence-corrected chi connectivity index (χ4v) is 1.99. The van der Waals surface area contributed by atoms with E-state index in [9.17, 15) is 24.6 Å². The van der Waals surface area contributed by atoms with Crippen LogP contribution in [0.4, 0.5) is 0 Å². The fraction of sp³-hybridized carbons (Fsp3) is 0.611. The molecule has 0 aliphatic rings. The summed E-state index contributed by atoms with van der Waals surface area (Å²) in [6.45, 7) is 9.64. The summed E-state index contributed by atoms with van der Waals surface area (Å²) >= 11 is 0. The van der Waals surface area contributed by atoms with Crippen LogP contribution in [0.15, 0.2) is 6.07 Å². The zero-order valence-corrected chi connectivity index (χ0v) is 16.9. The highest BCUT2D eigenvalue weighted by molar-refractivity contribution is 6.05. The van der Waals surface area contributed by atoms with Crippen LogP contribution in [-0.2, 0) is 23.9 Å². The average molecular weight is 400 g/mol. The first-order chi connectivity index (χ1) is 12.5. The lowest BCUT2D eigenvalue weighted by Gasteiger charge is -2.32. The number of esters is 3. The van der Waals surface area contributed by atoms with E-state index >= 15 is 0 Å². The molecule has 1 heterocycles. The summed E-state index contributed by atoms with van der Waals surface area (Å²) in [5.41, 5.74) is 1.95. The summed E-state index contributed by atoms with van der Waals surface area (Å²) in [5.74, 6) is -4.23. The van der Waals surface area contributed by atoms with Crippen LogP contribution in [0.5, 0.6) is 17.5 Å². The molecule has 5 N–H and O–H groups in total. The normalized spacial score (nSPS) is 12.4. The Morgan fingerprint density at radius 3 is 1.82 bits per heavy atom. The highest BCUT2D eigenvalue weighted by Crippen LogP contribution is 2.30. The maximum absolute atomic E-state index is 12.6. The van der Waals surface area contributed by atoms with Gasteiger partial charge in [-0.15, -0.1) is 0 Å². The first-order valence-corrected chi connectivity index (χ1v) is 8.61. The molecule has 0 radical (unpaired) electrons. The van der Waals surface area contributed by atoms with Crippen molar-refractivity contribution in [2.45, 2.75) is 71.1 Å². The number of nitrogens with one attached hydrogen (secondary N) is 1. The van der Waals surface area contributed by atoms with Gasteiger partial charge in [0, 0.05) is 12.5 Å². The van der Waals surface area contributed by atoms with Gasteiger partial charge in [0.2, 0.25) is 11.4 Å². The summed E-state index contributed by atoms with van der Waals surface area (Å²) in [6, 6.07) is 0.991. The van der Waals surface area contributed by atoms with Crippen molar-refractivity contribution in [3.05, 3.63) is 6.07 Å². The third-order valence-electron chi connectivity index (χ3n) is 3.22. The van der Waals surface area contributed by atoms with E-state index in [1.807, 2.05) is 0 Å². The van der Waals surface area contributed by atoms with Gasteiger partial charge >= 0.3 is 17.9 Å². The van der Waals surface area contributed by atoms with Crippen LogP contribution in [0, 0.1) is 0 Å². The molecule has 0 unspecified atom stereocenters. The molecule has 0 aromatic carbocycles. The molecular formula is C18H28N2O8. The molecule has 1 rings (SSSR count). The molecule has 0 atom stereocenters. The number of hydrogen-bond acceptors (Lipinski definition) is 9. The highest BCUT2D eigenvalue weighted by atomic mass is 16.6. The van der Waals surface area contributed by atoms with Crippen LogP contribution < -0.4 is 10.5 Å². The minimum absolute atomic E-state index is 0.306. The Labute approximate surface area is 163 Å². The number of ether oxygens (including phenoxy) is 3. The largest absolute Gasteiger partial charge is 0.494 e. The van der Waals surface area contributed by atoms with Gasteiger partial charge in [-0.25, -0.2) is 9.59 Å². The van der Waals surface area contributed by atoms with Crippen LogP contribution in [0.3, 0.4) is 0 Å². The molecule has 0 amide bonds. The van der Waals surface area contributed by atoms with E-state index in [-0.39, 0.29) is 5.75 Å². The van der Waals surface area contributed by atoms with Gasteiger partial charge in [0.05, 0.1) is 0 Å². The summed E-state index contributed by atoms with van der Waals surface area (Å²) < 4.78 is 15.3. The van der Waals surface area contributed by atoms with Crippen molar-refractivity contribution >= 4 is 17.9 Å². The molecule has 0 saturated heterocycles. The van der Waals surface area contributed by atoms with Gasteiger partial charge in [-0.1, -0.05) is 0 Å². The van der Waals surface area contributed by atoms with Crippen molar-refractivity contribution in [2.75, 3.05) is 0 Å². The van der Waals surface area contributed by atoms with Crippen molar-refractivity contribution in [3.63, 3.8) is 0 Å². The number of H-pyrrole nitrogens is 1. The molecule has 1 aromatic heterocycles. The molecular weight excluding hydrogens is 372 g/mol. The molecule has 0 saturated carbocycles. The first-order valence-electron chi connectivity index (χ1n) is 8.61. The predicted molar refractivity (Wildman–Crippen MR) is 97.6 cm³/mol. The van der Waals surface area contributed by atoms with Crippen LogP contribution >= 0.6 is 0 Å². The zero-order valence-electron chi connectivity index (χ0n) is 16.9. The van der Waals surface area contributed by atoms with Crippen LogP contribution in [0.1, 0.15) is 54.4 Å². The van der Waals surface area contributed by atoms with E-state index in [1.165, 1.54) is 0 Å². The Kier molecular flexibility index (Phi) is 6.73. The van der Waals surface area contributed by atoms with Gasteiger partial charge in [-0.05, 0) is 48.0 Å². The Hall–Kier alpha value is -2.75. The van der Waals surface area contributed by atoms with Crippen molar-refractivity contribution in [1.29, 1.82) is 0 Å². The highest BCUT2D eigenvalue weighted by Gasteiger charge is 2.48. The van der Waals surface area contributed by atoms with Gasteiger partial charge in [0.15, 0.2) is 11.6 Å². The summed E-state index contributed by atoms with van der Waals surface area (Å²) in [7, 11) is 0. The standard InChI is InChI=1S/C18H28N2O8/c1-16(2,3)27-14(24)18(19,15(25)28-17(4,5)6)8-7-12(22)26-10-9-11(21)20-13(10)23/h9,20-21,23H,7-8,19H2,1-6H3. The molecule has 10 heteroatoms. The molecule has 0 spiro atoms. The minimum atomic E-state index is -2.23. The Morgan fingerprint density at radius 2 is 1.46 bits per heavy atom. The second-order valence-electron chi connectivity index (χ2n) is 8.32. The van der Waals surface area contributed by atoms with Gasteiger partial charge < -0.3 is 30.2 Å². The van der Waals surface area contributed by atoms with Crippen LogP contribution in [-0.4, -0.2) is 49.8 Å². The zero-order chi connectivity index (χ0) is 21.9.